The number of hydrogen-bond donors (Lipinski definition) is 2. The van der Waals surface area contributed by atoms with Gasteiger partial charge in [-0.15, -0.1) is 0 Å². The molecule has 6 heteroatoms. The van der Waals surface area contributed by atoms with E-state index in [1.54, 1.807) is 7.11 Å². The van der Waals surface area contributed by atoms with Crippen molar-refractivity contribution in [2.75, 3.05) is 32.1 Å². The highest BCUT2D eigenvalue weighted by atomic mass is 16.5. The van der Waals surface area contributed by atoms with Crippen LogP contribution in [0.3, 0.4) is 0 Å². The van der Waals surface area contributed by atoms with Crippen LogP contribution in [0.4, 0.5) is 5.69 Å². The van der Waals surface area contributed by atoms with Crippen LogP contribution in [0.5, 0.6) is 5.75 Å². The number of ether oxygens (including phenoxy) is 1. The molecule has 0 spiro atoms. The number of amides is 1. The lowest BCUT2D eigenvalue weighted by atomic mass is 10.1. The van der Waals surface area contributed by atoms with E-state index in [0.29, 0.717) is 0 Å². The van der Waals surface area contributed by atoms with Crippen LogP contribution < -0.4 is 15.5 Å². The molecular weight excluding hydrogens is 364 g/mol. The van der Waals surface area contributed by atoms with Gasteiger partial charge in [0.05, 0.1) is 19.4 Å². The quantitative estimate of drug-likeness (QED) is 0.474. The molecule has 156 valence electrons. The molecule has 2 aromatic rings. The molecule has 0 saturated carbocycles. The Kier molecular flexibility index (Phi) is 8.68. The third-order valence-corrected chi connectivity index (χ3v) is 4.84. The Labute approximate surface area is 174 Å². The maximum absolute atomic E-state index is 12.1. The standard InChI is InChI=1S/C23H32N4O2/c1-6-27(7-2)16-20-14-19(10-13-22(20)29-5)18(4)25-26-23(28)15-24-21-11-8-17(3)9-12-21/h8-14,24H,6-7,15-16H2,1-5H3,(H,26,28)/b25-18-. The smallest absolute Gasteiger partial charge is 0.259 e. The normalized spacial score (nSPS) is 11.4. The van der Waals surface area contributed by atoms with Crippen LogP contribution in [-0.4, -0.2) is 43.3 Å². The van der Waals surface area contributed by atoms with E-state index in [0.717, 1.165) is 47.9 Å². The van der Waals surface area contributed by atoms with Gasteiger partial charge in [-0.2, -0.15) is 5.10 Å². The molecule has 0 heterocycles. The summed E-state index contributed by atoms with van der Waals surface area (Å²) >= 11 is 0. The highest BCUT2D eigenvalue weighted by Gasteiger charge is 2.10. The second kappa shape index (κ2) is 11.2. The summed E-state index contributed by atoms with van der Waals surface area (Å²) in [5, 5.41) is 7.35. The molecule has 1 amide bonds. The minimum atomic E-state index is -0.193. The van der Waals surface area contributed by atoms with Crippen molar-refractivity contribution in [3.8, 4) is 5.75 Å². The summed E-state index contributed by atoms with van der Waals surface area (Å²) in [6.07, 6.45) is 0. The van der Waals surface area contributed by atoms with Gasteiger partial charge < -0.3 is 10.1 Å². The van der Waals surface area contributed by atoms with Crippen LogP contribution in [0, 0.1) is 6.92 Å². The molecule has 0 aliphatic heterocycles. The molecule has 0 atom stereocenters. The van der Waals surface area contributed by atoms with Crippen molar-refractivity contribution in [1.29, 1.82) is 0 Å². The van der Waals surface area contributed by atoms with E-state index in [1.165, 1.54) is 5.56 Å². The first-order valence-corrected chi connectivity index (χ1v) is 10.00. The Balaban J connectivity index is 2.00. The number of anilines is 1. The topological polar surface area (TPSA) is 66.0 Å². The molecule has 0 aliphatic rings. The summed E-state index contributed by atoms with van der Waals surface area (Å²) in [7, 11) is 1.68. The van der Waals surface area contributed by atoms with Gasteiger partial charge in [0, 0.05) is 17.8 Å². The number of carbonyl (C=O) groups excluding carboxylic acids is 1. The van der Waals surface area contributed by atoms with Gasteiger partial charge in [0.1, 0.15) is 5.75 Å². The molecule has 0 aromatic heterocycles. The predicted molar refractivity (Wildman–Crippen MR) is 120 cm³/mol. The summed E-state index contributed by atoms with van der Waals surface area (Å²) in [4.78, 5) is 14.4. The first-order chi connectivity index (χ1) is 14.0. The van der Waals surface area contributed by atoms with Crippen LogP contribution in [0.2, 0.25) is 0 Å². The number of nitrogens with one attached hydrogen (secondary N) is 2. The zero-order chi connectivity index (χ0) is 21.2. The summed E-state index contributed by atoms with van der Waals surface area (Å²) < 4.78 is 5.50. The lowest BCUT2D eigenvalue weighted by molar-refractivity contribution is -0.119. The minimum absolute atomic E-state index is 0.162. The van der Waals surface area contributed by atoms with Gasteiger partial charge in [0.2, 0.25) is 0 Å². The van der Waals surface area contributed by atoms with E-state index in [1.807, 2.05) is 50.2 Å². The molecule has 0 aliphatic carbocycles. The van der Waals surface area contributed by atoms with Gasteiger partial charge in [0.15, 0.2) is 0 Å². The number of nitrogens with zero attached hydrogens (tertiary/aromatic N) is 2. The third-order valence-electron chi connectivity index (χ3n) is 4.84. The first kappa shape index (κ1) is 22.4. The van der Waals surface area contributed by atoms with Crippen molar-refractivity contribution in [2.24, 2.45) is 5.10 Å². The van der Waals surface area contributed by atoms with Crippen molar-refractivity contribution in [3.63, 3.8) is 0 Å². The number of rotatable bonds is 10. The molecule has 0 fully saturated rings. The summed E-state index contributed by atoms with van der Waals surface area (Å²) in [6.45, 7) is 11.1. The fourth-order valence-electron chi connectivity index (χ4n) is 2.92. The summed E-state index contributed by atoms with van der Waals surface area (Å²) in [6, 6.07) is 13.9. The number of carbonyl (C=O) groups is 1. The molecule has 0 saturated heterocycles. The van der Waals surface area contributed by atoms with E-state index >= 15 is 0 Å². The Morgan fingerprint density at radius 1 is 1.10 bits per heavy atom. The average molecular weight is 397 g/mol. The molecular formula is C23H32N4O2. The largest absolute Gasteiger partial charge is 0.496 e. The fourth-order valence-corrected chi connectivity index (χ4v) is 2.92. The summed E-state index contributed by atoms with van der Waals surface area (Å²) in [5.74, 6) is 0.668. The summed E-state index contributed by atoms with van der Waals surface area (Å²) in [5.41, 5.74) is 7.52. The molecule has 0 radical (unpaired) electrons. The molecule has 2 aromatic carbocycles. The Bertz CT molecular complexity index is 827. The average Bonchev–Trinajstić information content (AvgIpc) is 2.75. The van der Waals surface area contributed by atoms with Gasteiger partial charge in [-0.05, 0) is 62.8 Å². The van der Waals surface area contributed by atoms with Crippen LogP contribution >= 0.6 is 0 Å². The maximum atomic E-state index is 12.1. The Morgan fingerprint density at radius 2 is 1.79 bits per heavy atom. The van der Waals surface area contributed by atoms with E-state index in [9.17, 15) is 4.79 Å². The number of aryl methyl sites for hydroxylation is 1. The van der Waals surface area contributed by atoms with Crippen LogP contribution in [-0.2, 0) is 11.3 Å². The van der Waals surface area contributed by atoms with Crippen molar-refractivity contribution in [3.05, 3.63) is 59.2 Å². The molecule has 2 rings (SSSR count). The van der Waals surface area contributed by atoms with Crippen LogP contribution in [0.1, 0.15) is 37.5 Å². The lowest BCUT2D eigenvalue weighted by Gasteiger charge is -2.20. The maximum Gasteiger partial charge on any atom is 0.259 e. The van der Waals surface area contributed by atoms with Gasteiger partial charge in [0.25, 0.3) is 5.91 Å². The second-order valence-electron chi connectivity index (χ2n) is 6.94. The first-order valence-electron chi connectivity index (χ1n) is 10.00. The number of hydrazone groups is 1. The van der Waals surface area contributed by atoms with E-state index in [-0.39, 0.29) is 12.5 Å². The highest BCUT2D eigenvalue weighted by molar-refractivity contribution is 5.99. The number of methoxy groups -OCH3 is 1. The zero-order valence-corrected chi connectivity index (χ0v) is 18.1. The molecule has 0 unspecified atom stereocenters. The van der Waals surface area contributed by atoms with Gasteiger partial charge >= 0.3 is 0 Å². The van der Waals surface area contributed by atoms with Crippen molar-refractivity contribution in [2.45, 2.75) is 34.2 Å². The van der Waals surface area contributed by atoms with Crippen molar-refractivity contribution < 1.29 is 9.53 Å². The monoisotopic (exact) mass is 396 g/mol. The molecule has 2 N–H and O–H groups in total. The second-order valence-corrected chi connectivity index (χ2v) is 6.94. The predicted octanol–water partition coefficient (Wildman–Crippen LogP) is 3.80. The van der Waals surface area contributed by atoms with E-state index in [4.69, 9.17) is 4.74 Å². The van der Waals surface area contributed by atoms with Gasteiger partial charge in [-0.25, -0.2) is 5.43 Å². The Hall–Kier alpha value is -2.86. The minimum Gasteiger partial charge on any atom is -0.496 e. The molecule has 6 nitrogen and oxygen atoms in total. The SMILES string of the molecule is CCN(CC)Cc1cc(/C(C)=N\NC(=O)CNc2ccc(C)cc2)ccc1OC. The third kappa shape index (κ3) is 6.91. The number of hydrogen-bond acceptors (Lipinski definition) is 5. The lowest BCUT2D eigenvalue weighted by Crippen LogP contribution is -2.26. The van der Waals surface area contributed by atoms with Crippen molar-refractivity contribution >= 4 is 17.3 Å². The Morgan fingerprint density at radius 3 is 2.41 bits per heavy atom. The molecule has 29 heavy (non-hydrogen) atoms. The van der Waals surface area contributed by atoms with Crippen LogP contribution in [0.25, 0.3) is 0 Å². The zero-order valence-electron chi connectivity index (χ0n) is 18.1. The van der Waals surface area contributed by atoms with Crippen LogP contribution in [0.15, 0.2) is 47.6 Å². The van der Waals surface area contributed by atoms with E-state index < -0.39 is 0 Å². The van der Waals surface area contributed by atoms with Crippen molar-refractivity contribution in [1.82, 2.24) is 10.3 Å². The van der Waals surface area contributed by atoms with Gasteiger partial charge in [-0.3, -0.25) is 9.69 Å². The molecule has 0 bridgehead atoms. The fraction of sp³-hybridized carbons (Fsp3) is 0.391. The van der Waals surface area contributed by atoms with Gasteiger partial charge in [-0.1, -0.05) is 31.5 Å². The van der Waals surface area contributed by atoms with E-state index in [2.05, 4.69) is 40.7 Å². The highest BCUT2D eigenvalue weighted by Crippen LogP contribution is 2.22. The number of benzene rings is 2.